The molecule has 0 aliphatic carbocycles. The number of carbonyl (C=O) groups is 1. The van der Waals surface area contributed by atoms with Gasteiger partial charge in [-0.1, -0.05) is 73.3 Å². The highest BCUT2D eigenvalue weighted by Crippen LogP contribution is 2.34. The number of ether oxygens (including phenoxy) is 2. The summed E-state index contributed by atoms with van der Waals surface area (Å²) in [7, 11) is 0. The molecule has 2 aromatic carbocycles. The van der Waals surface area contributed by atoms with E-state index in [1.165, 1.54) is 6.08 Å². The highest BCUT2D eigenvalue weighted by molar-refractivity contribution is 5.78. The standard InChI is InChI=1S/C31H28N2O5/c1-3-8-27(37-21-29(34)35)22(2)16-18-36-20-28-33-30(26-11-7-17-32-19-26)31(38-28)25-14-12-24(13-15-25)23-9-5-4-6-10-23/h3-17,19H,1,18,20-21H2,2H3,(H,34,35)/b22-16-,27-8+. The van der Waals surface area contributed by atoms with Crippen LogP contribution >= 0.6 is 0 Å². The van der Waals surface area contributed by atoms with Gasteiger partial charge in [-0.15, -0.1) is 0 Å². The van der Waals surface area contributed by atoms with Crippen molar-refractivity contribution in [1.29, 1.82) is 0 Å². The Bertz CT molecular complexity index is 1420. The Kier molecular flexibility index (Phi) is 8.99. The van der Waals surface area contributed by atoms with Crippen LogP contribution in [0.1, 0.15) is 12.8 Å². The molecule has 0 saturated heterocycles. The summed E-state index contributed by atoms with van der Waals surface area (Å²) in [6.45, 7) is 5.41. The molecule has 0 spiro atoms. The zero-order valence-corrected chi connectivity index (χ0v) is 21.0. The third-order valence-corrected chi connectivity index (χ3v) is 5.60. The average Bonchev–Trinajstić information content (AvgIpc) is 3.38. The molecule has 0 radical (unpaired) electrons. The molecule has 0 aliphatic rings. The fraction of sp³-hybridized carbons (Fsp3) is 0.129. The van der Waals surface area contributed by atoms with Crippen LogP contribution in [0.2, 0.25) is 0 Å². The summed E-state index contributed by atoms with van der Waals surface area (Å²) in [5.74, 6) is 0.437. The minimum Gasteiger partial charge on any atom is -0.482 e. The highest BCUT2D eigenvalue weighted by Gasteiger charge is 2.17. The molecule has 0 amide bonds. The van der Waals surface area contributed by atoms with Crippen LogP contribution in [0.4, 0.5) is 0 Å². The van der Waals surface area contributed by atoms with Gasteiger partial charge in [0, 0.05) is 23.5 Å². The van der Waals surface area contributed by atoms with Crippen LogP contribution in [0.5, 0.6) is 0 Å². The molecule has 2 aromatic heterocycles. The van der Waals surface area contributed by atoms with Crippen molar-refractivity contribution < 1.29 is 23.8 Å². The lowest BCUT2D eigenvalue weighted by atomic mass is 10.0. The second-order valence-corrected chi connectivity index (χ2v) is 8.32. The van der Waals surface area contributed by atoms with Gasteiger partial charge in [0.25, 0.3) is 0 Å². The van der Waals surface area contributed by atoms with Crippen LogP contribution in [0.15, 0.2) is 120 Å². The van der Waals surface area contributed by atoms with Crippen molar-refractivity contribution in [3.05, 3.63) is 121 Å². The van der Waals surface area contributed by atoms with E-state index in [0.29, 0.717) is 23.1 Å². The Morgan fingerprint density at radius 3 is 2.39 bits per heavy atom. The van der Waals surface area contributed by atoms with E-state index in [1.54, 1.807) is 24.5 Å². The van der Waals surface area contributed by atoms with Gasteiger partial charge in [0.05, 0.1) is 6.61 Å². The fourth-order valence-corrected chi connectivity index (χ4v) is 3.74. The predicted octanol–water partition coefficient (Wildman–Crippen LogP) is 6.70. The summed E-state index contributed by atoms with van der Waals surface area (Å²) in [5, 5.41) is 8.86. The van der Waals surface area contributed by atoms with Crippen molar-refractivity contribution in [2.45, 2.75) is 13.5 Å². The lowest BCUT2D eigenvalue weighted by molar-refractivity contribution is -0.140. The van der Waals surface area contributed by atoms with Crippen LogP contribution in [0.25, 0.3) is 33.7 Å². The SMILES string of the molecule is C=C/C=C(OCC(=O)O)\C(C)=C/COCc1nc(-c2cccnc2)c(-c2ccc(-c3ccccc3)cc2)o1. The lowest BCUT2D eigenvalue weighted by Crippen LogP contribution is -2.07. The van der Waals surface area contributed by atoms with Gasteiger partial charge >= 0.3 is 5.97 Å². The molecule has 4 rings (SSSR count). The molecular weight excluding hydrogens is 480 g/mol. The molecule has 2 heterocycles. The Labute approximate surface area is 221 Å². The maximum atomic E-state index is 10.8. The van der Waals surface area contributed by atoms with Gasteiger partial charge in [-0.3, -0.25) is 4.98 Å². The number of benzene rings is 2. The predicted molar refractivity (Wildman–Crippen MR) is 146 cm³/mol. The second-order valence-electron chi connectivity index (χ2n) is 8.32. The summed E-state index contributed by atoms with van der Waals surface area (Å²) < 4.78 is 17.3. The quantitative estimate of drug-likeness (QED) is 0.129. The molecule has 0 bridgehead atoms. The number of nitrogens with zero attached hydrogens (tertiary/aromatic N) is 2. The van der Waals surface area contributed by atoms with Crippen molar-refractivity contribution in [3.8, 4) is 33.7 Å². The van der Waals surface area contributed by atoms with E-state index in [-0.39, 0.29) is 13.2 Å². The lowest BCUT2D eigenvalue weighted by Gasteiger charge is -2.08. The Balaban J connectivity index is 1.51. The first-order valence-corrected chi connectivity index (χ1v) is 12.0. The first kappa shape index (κ1) is 26.3. The highest BCUT2D eigenvalue weighted by atomic mass is 16.5. The number of carboxylic acids is 1. The van der Waals surface area contributed by atoms with E-state index in [2.05, 4.69) is 35.8 Å². The number of allylic oxidation sites excluding steroid dienone is 3. The van der Waals surface area contributed by atoms with Crippen LogP contribution in [0, 0.1) is 0 Å². The normalized spacial score (nSPS) is 11.8. The minimum absolute atomic E-state index is 0.148. The monoisotopic (exact) mass is 508 g/mol. The summed E-state index contributed by atoms with van der Waals surface area (Å²) in [6.07, 6.45) is 8.41. The topological polar surface area (TPSA) is 94.7 Å². The maximum Gasteiger partial charge on any atom is 0.341 e. The number of aliphatic carboxylic acids is 1. The van der Waals surface area contributed by atoms with E-state index in [0.717, 1.165) is 27.8 Å². The maximum absolute atomic E-state index is 10.8. The molecule has 38 heavy (non-hydrogen) atoms. The van der Waals surface area contributed by atoms with Crippen molar-refractivity contribution in [1.82, 2.24) is 9.97 Å². The van der Waals surface area contributed by atoms with Gasteiger partial charge in [-0.25, -0.2) is 9.78 Å². The average molecular weight is 509 g/mol. The van der Waals surface area contributed by atoms with Gasteiger partial charge in [0.2, 0.25) is 5.89 Å². The number of hydrogen-bond donors (Lipinski definition) is 1. The number of aromatic nitrogens is 2. The molecule has 1 N–H and O–H groups in total. The fourth-order valence-electron chi connectivity index (χ4n) is 3.74. The van der Waals surface area contributed by atoms with E-state index in [1.807, 2.05) is 49.4 Å². The molecule has 0 fully saturated rings. The molecule has 0 atom stereocenters. The molecular formula is C31H28N2O5. The van der Waals surface area contributed by atoms with Crippen LogP contribution < -0.4 is 0 Å². The van der Waals surface area contributed by atoms with E-state index in [4.69, 9.17) is 24.0 Å². The largest absolute Gasteiger partial charge is 0.482 e. The van der Waals surface area contributed by atoms with Crippen molar-refractivity contribution in [3.63, 3.8) is 0 Å². The molecule has 0 saturated carbocycles. The van der Waals surface area contributed by atoms with Gasteiger partial charge in [0.15, 0.2) is 12.4 Å². The summed E-state index contributed by atoms with van der Waals surface area (Å²) in [5.41, 5.74) is 5.41. The van der Waals surface area contributed by atoms with E-state index < -0.39 is 12.6 Å². The summed E-state index contributed by atoms with van der Waals surface area (Å²) in [6, 6.07) is 22.1. The number of rotatable bonds is 12. The number of pyridine rings is 1. The molecule has 7 heteroatoms. The molecule has 0 unspecified atom stereocenters. The Morgan fingerprint density at radius 2 is 1.71 bits per heavy atom. The van der Waals surface area contributed by atoms with Crippen LogP contribution in [-0.2, 0) is 20.9 Å². The number of oxazole rings is 1. The van der Waals surface area contributed by atoms with Crippen LogP contribution in [0.3, 0.4) is 0 Å². The zero-order chi connectivity index (χ0) is 26.7. The van der Waals surface area contributed by atoms with Gasteiger partial charge < -0.3 is 19.0 Å². The molecule has 4 aromatic rings. The first-order valence-electron chi connectivity index (χ1n) is 12.0. The number of carboxylic acid groups (broad SMARTS) is 1. The van der Waals surface area contributed by atoms with Crippen molar-refractivity contribution in [2.24, 2.45) is 0 Å². The third-order valence-electron chi connectivity index (χ3n) is 5.60. The molecule has 7 nitrogen and oxygen atoms in total. The van der Waals surface area contributed by atoms with Crippen LogP contribution in [-0.4, -0.2) is 34.3 Å². The zero-order valence-electron chi connectivity index (χ0n) is 21.0. The Morgan fingerprint density at radius 1 is 1.00 bits per heavy atom. The minimum atomic E-state index is -1.05. The number of hydrogen-bond acceptors (Lipinski definition) is 6. The summed E-state index contributed by atoms with van der Waals surface area (Å²) >= 11 is 0. The van der Waals surface area contributed by atoms with Crippen molar-refractivity contribution >= 4 is 5.97 Å². The molecule has 192 valence electrons. The van der Waals surface area contributed by atoms with Gasteiger partial charge in [-0.2, -0.15) is 0 Å². The molecule has 0 aliphatic heterocycles. The smallest absolute Gasteiger partial charge is 0.341 e. The van der Waals surface area contributed by atoms with Gasteiger partial charge in [0.1, 0.15) is 18.1 Å². The van der Waals surface area contributed by atoms with E-state index >= 15 is 0 Å². The third kappa shape index (κ3) is 6.93. The first-order chi connectivity index (χ1) is 18.5. The van der Waals surface area contributed by atoms with Crippen molar-refractivity contribution in [2.75, 3.05) is 13.2 Å². The Hall–Kier alpha value is -4.75. The van der Waals surface area contributed by atoms with E-state index in [9.17, 15) is 4.79 Å². The second kappa shape index (κ2) is 13.0. The summed E-state index contributed by atoms with van der Waals surface area (Å²) in [4.78, 5) is 19.8. The van der Waals surface area contributed by atoms with Gasteiger partial charge in [-0.05, 0) is 41.8 Å².